The van der Waals surface area contributed by atoms with Crippen LogP contribution in [0.3, 0.4) is 0 Å². The topological polar surface area (TPSA) is 23.6 Å². The van der Waals surface area contributed by atoms with E-state index in [0.717, 1.165) is 22.5 Å². The highest BCUT2D eigenvalue weighted by atomic mass is 16.2. The van der Waals surface area contributed by atoms with E-state index in [0.29, 0.717) is 5.56 Å². The van der Waals surface area contributed by atoms with E-state index >= 15 is 0 Å². The lowest BCUT2D eigenvalue weighted by atomic mass is 9.95. The summed E-state index contributed by atoms with van der Waals surface area (Å²) in [7, 11) is 4.05. The fourth-order valence-corrected chi connectivity index (χ4v) is 3.64. The second kappa shape index (κ2) is 7.35. The Morgan fingerprint density at radius 3 is 2.32 bits per heavy atom. The van der Waals surface area contributed by atoms with Gasteiger partial charge in [0.1, 0.15) is 0 Å². The molecule has 1 atom stereocenters. The Morgan fingerprint density at radius 2 is 1.64 bits per heavy atom. The maximum absolute atomic E-state index is 13.5. The number of amides is 1. The van der Waals surface area contributed by atoms with Gasteiger partial charge in [-0.1, -0.05) is 54.1 Å². The van der Waals surface area contributed by atoms with Gasteiger partial charge in [0.25, 0.3) is 5.91 Å². The van der Waals surface area contributed by atoms with Crippen LogP contribution >= 0.6 is 0 Å². The summed E-state index contributed by atoms with van der Waals surface area (Å²) in [5.41, 5.74) is 6.13. The zero-order valence-corrected chi connectivity index (χ0v) is 16.5. The van der Waals surface area contributed by atoms with Crippen LogP contribution < -0.4 is 9.80 Å². The maximum Gasteiger partial charge on any atom is 0.259 e. The Hall–Kier alpha value is -3.33. The molecular weight excluding hydrogens is 344 g/mol. The molecule has 1 amide bonds. The summed E-state index contributed by atoms with van der Waals surface area (Å²) in [6.45, 7) is 2.07. The van der Waals surface area contributed by atoms with E-state index in [4.69, 9.17) is 0 Å². The van der Waals surface area contributed by atoms with Crippen LogP contribution in [0.15, 0.2) is 78.9 Å². The molecule has 3 heteroatoms. The van der Waals surface area contributed by atoms with Crippen LogP contribution in [0.5, 0.6) is 0 Å². The first-order valence-electron chi connectivity index (χ1n) is 9.49. The molecule has 1 heterocycles. The Morgan fingerprint density at radius 1 is 0.929 bits per heavy atom. The zero-order chi connectivity index (χ0) is 19.7. The molecule has 4 rings (SSSR count). The number of benzene rings is 3. The number of nitrogens with zero attached hydrogens (tertiary/aromatic N) is 2. The molecule has 28 heavy (non-hydrogen) atoms. The van der Waals surface area contributed by atoms with Crippen LogP contribution in [0.25, 0.3) is 6.08 Å². The lowest BCUT2D eigenvalue weighted by Crippen LogP contribution is -2.36. The summed E-state index contributed by atoms with van der Waals surface area (Å²) in [6.07, 6.45) is 4.24. The summed E-state index contributed by atoms with van der Waals surface area (Å²) in [5.74, 6) is 0.0109. The molecule has 1 aliphatic rings. The van der Waals surface area contributed by atoms with E-state index in [2.05, 4.69) is 66.4 Å². The minimum atomic E-state index is -0.140. The summed E-state index contributed by atoms with van der Waals surface area (Å²) in [6, 6.07) is 24.0. The van der Waals surface area contributed by atoms with Crippen molar-refractivity contribution in [2.45, 2.75) is 13.0 Å². The van der Waals surface area contributed by atoms with E-state index in [1.807, 2.05) is 49.3 Å². The lowest BCUT2D eigenvalue weighted by molar-refractivity contribution is 0.0980. The average molecular weight is 368 g/mol. The molecule has 1 aliphatic heterocycles. The number of hydrogen-bond donors (Lipinski definition) is 0. The fourth-order valence-electron chi connectivity index (χ4n) is 3.64. The normalized spacial score (nSPS) is 15.2. The molecule has 3 aromatic carbocycles. The molecule has 0 aromatic heterocycles. The van der Waals surface area contributed by atoms with Crippen LogP contribution in [-0.2, 0) is 0 Å². The van der Waals surface area contributed by atoms with Crippen molar-refractivity contribution in [3.63, 3.8) is 0 Å². The highest BCUT2D eigenvalue weighted by Crippen LogP contribution is 2.38. The van der Waals surface area contributed by atoms with Gasteiger partial charge in [0.2, 0.25) is 0 Å². The van der Waals surface area contributed by atoms with Crippen molar-refractivity contribution >= 4 is 23.4 Å². The Labute approximate surface area is 166 Å². The smallest absolute Gasteiger partial charge is 0.259 e. The number of carbonyl (C=O) groups excluding carboxylic acids is 1. The Kier molecular flexibility index (Phi) is 4.74. The van der Waals surface area contributed by atoms with Crippen molar-refractivity contribution in [2.24, 2.45) is 0 Å². The monoisotopic (exact) mass is 368 g/mol. The van der Waals surface area contributed by atoms with Crippen molar-refractivity contribution in [1.82, 2.24) is 0 Å². The molecule has 0 fully saturated rings. The SMILES string of the molecule is Cc1ccc2c(c1)C=CC(c1ccc(N(C)C)cc1)N2C(=O)c1ccccc1. The third kappa shape index (κ3) is 3.31. The van der Waals surface area contributed by atoms with Gasteiger partial charge in [-0.3, -0.25) is 9.69 Å². The van der Waals surface area contributed by atoms with Crippen LogP contribution in [0.4, 0.5) is 11.4 Å². The van der Waals surface area contributed by atoms with Crippen molar-refractivity contribution in [3.05, 3.63) is 101 Å². The summed E-state index contributed by atoms with van der Waals surface area (Å²) >= 11 is 0. The van der Waals surface area contributed by atoms with Crippen molar-refractivity contribution in [1.29, 1.82) is 0 Å². The third-order valence-corrected chi connectivity index (χ3v) is 5.17. The quantitative estimate of drug-likeness (QED) is 0.611. The molecule has 0 bridgehead atoms. The van der Waals surface area contributed by atoms with Gasteiger partial charge in [-0.25, -0.2) is 0 Å². The number of carbonyl (C=O) groups is 1. The second-order valence-corrected chi connectivity index (χ2v) is 7.39. The van der Waals surface area contributed by atoms with Crippen molar-refractivity contribution in [3.8, 4) is 0 Å². The van der Waals surface area contributed by atoms with E-state index < -0.39 is 0 Å². The van der Waals surface area contributed by atoms with Gasteiger partial charge in [-0.15, -0.1) is 0 Å². The van der Waals surface area contributed by atoms with Crippen LogP contribution in [-0.4, -0.2) is 20.0 Å². The highest BCUT2D eigenvalue weighted by Gasteiger charge is 2.30. The lowest BCUT2D eigenvalue weighted by Gasteiger charge is -2.35. The molecule has 0 spiro atoms. The number of hydrogen-bond acceptors (Lipinski definition) is 2. The predicted molar refractivity (Wildman–Crippen MR) is 117 cm³/mol. The molecule has 3 aromatic rings. The van der Waals surface area contributed by atoms with Gasteiger partial charge in [-0.2, -0.15) is 0 Å². The van der Waals surface area contributed by atoms with Gasteiger partial charge in [0.05, 0.1) is 11.7 Å². The van der Waals surface area contributed by atoms with Crippen molar-refractivity contribution in [2.75, 3.05) is 23.9 Å². The van der Waals surface area contributed by atoms with E-state index in [1.165, 1.54) is 5.56 Å². The van der Waals surface area contributed by atoms with Gasteiger partial charge in [0, 0.05) is 25.3 Å². The zero-order valence-electron chi connectivity index (χ0n) is 16.5. The third-order valence-electron chi connectivity index (χ3n) is 5.17. The molecule has 0 radical (unpaired) electrons. The number of rotatable bonds is 3. The first-order valence-corrected chi connectivity index (χ1v) is 9.49. The fraction of sp³-hybridized carbons (Fsp3) is 0.160. The van der Waals surface area contributed by atoms with Crippen molar-refractivity contribution < 1.29 is 4.79 Å². The molecule has 140 valence electrons. The molecule has 0 saturated heterocycles. The second-order valence-electron chi connectivity index (χ2n) is 7.39. The summed E-state index contributed by atoms with van der Waals surface area (Å²) < 4.78 is 0. The van der Waals surface area contributed by atoms with Gasteiger partial charge in [0.15, 0.2) is 0 Å². The average Bonchev–Trinajstić information content (AvgIpc) is 2.73. The first kappa shape index (κ1) is 18.1. The van der Waals surface area contributed by atoms with Crippen LogP contribution in [0, 0.1) is 6.92 Å². The van der Waals surface area contributed by atoms with E-state index in [-0.39, 0.29) is 11.9 Å². The molecule has 0 aliphatic carbocycles. The Balaban J connectivity index is 1.80. The highest BCUT2D eigenvalue weighted by molar-refractivity contribution is 6.08. The maximum atomic E-state index is 13.5. The van der Waals surface area contributed by atoms with Gasteiger partial charge in [-0.05, 0) is 54.4 Å². The molecule has 3 nitrogen and oxygen atoms in total. The molecule has 0 N–H and O–H groups in total. The number of aryl methyl sites for hydroxylation is 1. The molecular formula is C25H24N2O. The number of anilines is 2. The van der Waals surface area contributed by atoms with Gasteiger partial charge >= 0.3 is 0 Å². The van der Waals surface area contributed by atoms with Gasteiger partial charge < -0.3 is 4.90 Å². The van der Waals surface area contributed by atoms with E-state index in [1.54, 1.807) is 0 Å². The molecule has 1 unspecified atom stereocenters. The first-order chi connectivity index (χ1) is 13.5. The minimum Gasteiger partial charge on any atom is -0.378 e. The Bertz CT molecular complexity index is 1020. The number of fused-ring (bicyclic) bond motifs is 1. The summed E-state index contributed by atoms with van der Waals surface area (Å²) in [5, 5.41) is 0. The predicted octanol–water partition coefficient (Wildman–Crippen LogP) is 5.48. The largest absolute Gasteiger partial charge is 0.378 e. The van der Waals surface area contributed by atoms with Crippen LogP contribution in [0.1, 0.15) is 33.1 Å². The molecule has 0 saturated carbocycles. The summed E-state index contributed by atoms with van der Waals surface area (Å²) in [4.78, 5) is 17.5. The minimum absolute atomic E-state index is 0.0109. The standard InChI is InChI=1S/C25H24N2O/c1-18-9-15-24-21(17-18)12-16-23(19-10-13-22(14-11-19)26(2)3)27(24)25(28)20-7-5-4-6-8-20/h4-17,23H,1-3H3. The van der Waals surface area contributed by atoms with E-state index in [9.17, 15) is 4.79 Å². The van der Waals surface area contributed by atoms with Crippen LogP contribution in [0.2, 0.25) is 0 Å².